The molecule has 0 unspecified atom stereocenters. The van der Waals surface area contributed by atoms with Crippen molar-refractivity contribution in [1.82, 2.24) is 0 Å². The van der Waals surface area contributed by atoms with Crippen molar-refractivity contribution in [3.63, 3.8) is 0 Å². The molecular formula is C15H15BrClNO. The largest absolute Gasteiger partial charge is 0.455 e. The Bertz CT molecular complexity index is 586. The van der Waals surface area contributed by atoms with Crippen molar-refractivity contribution >= 4 is 27.5 Å². The second-order valence-electron chi connectivity index (χ2n) is 4.34. The van der Waals surface area contributed by atoms with Crippen LogP contribution in [0.1, 0.15) is 11.1 Å². The maximum atomic E-state index is 6.12. The lowest BCUT2D eigenvalue weighted by Crippen LogP contribution is -2.02. The summed E-state index contributed by atoms with van der Waals surface area (Å²) in [5, 5.41) is 0.600. The molecule has 0 aliphatic carbocycles. The van der Waals surface area contributed by atoms with Gasteiger partial charge in [0.2, 0.25) is 0 Å². The van der Waals surface area contributed by atoms with Crippen LogP contribution >= 0.6 is 27.5 Å². The highest BCUT2D eigenvalue weighted by molar-refractivity contribution is 9.10. The van der Waals surface area contributed by atoms with E-state index >= 15 is 0 Å². The maximum absolute atomic E-state index is 6.12. The summed E-state index contributed by atoms with van der Waals surface area (Å²) in [6.45, 7) is 2.64. The normalized spacial score (nSPS) is 10.5. The summed E-state index contributed by atoms with van der Waals surface area (Å²) in [7, 11) is 0. The minimum atomic E-state index is 0.600. The molecule has 2 aromatic carbocycles. The Balaban J connectivity index is 2.25. The zero-order valence-electron chi connectivity index (χ0n) is 10.6. The first-order chi connectivity index (χ1) is 9.10. The van der Waals surface area contributed by atoms with Crippen molar-refractivity contribution in [2.75, 3.05) is 6.54 Å². The average molecular weight is 341 g/mol. The number of aryl methyl sites for hydroxylation is 1. The van der Waals surface area contributed by atoms with Gasteiger partial charge in [-0.15, -0.1) is 0 Å². The zero-order chi connectivity index (χ0) is 13.8. The topological polar surface area (TPSA) is 35.2 Å². The molecule has 0 amide bonds. The van der Waals surface area contributed by atoms with E-state index in [-0.39, 0.29) is 0 Å². The van der Waals surface area contributed by atoms with Gasteiger partial charge in [-0.2, -0.15) is 0 Å². The van der Waals surface area contributed by atoms with Gasteiger partial charge in [0.05, 0.1) is 9.50 Å². The quantitative estimate of drug-likeness (QED) is 0.875. The van der Waals surface area contributed by atoms with Crippen LogP contribution in [0.15, 0.2) is 40.9 Å². The molecule has 0 saturated carbocycles. The predicted molar refractivity (Wildman–Crippen MR) is 83.2 cm³/mol. The molecule has 100 valence electrons. The summed E-state index contributed by atoms with van der Waals surface area (Å²) in [4.78, 5) is 0. The monoisotopic (exact) mass is 339 g/mol. The van der Waals surface area contributed by atoms with Crippen LogP contribution in [-0.4, -0.2) is 6.54 Å². The molecule has 0 atom stereocenters. The lowest BCUT2D eigenvalue weighted by atomic mass is 10.1. The molecule has 0 saturated heterocycles. The zero-order valence-corrected chi connectivity index (χ0v) is 13.0. The standard InChI is InChI=1S/C15H15BrClNO/c1-10-2-4-13(17)15(8-10)19-14-5-3-11(6-7-18)9-12(14)16/h2-5,8-9H,6-7,18H2,1H3. The fraction of sp³-hybridized carbons (Fsp3) is 0.200. The van der Waals surface area contributed by atoms with Crippen molar-refractivity contribution in [3.8, 4) is 11.5 Å². The molecule has 2 nitrogen and oxygen atoms in total. The Kier molecular flexibility index (Phi) is 4.86. The molecule has 2 aromatic rings. The highest BCUT2D eigenvalue weighted by Gasteiger charge is 2.07. The molecule has 19 heavy (non-hydrogen) atoms. The van der Waals surface area contributed by atoms with Crippen LogP contribution in [0.25, 0.3) is 0 Å². The number of rotatable bonds is 4. The number of benzene rings is 2. The van der Waals surface area contributed by atoms with E-state index in [1.54, 1.807) is 0 Å². The van der Waals surface area contributed by atoms with Gasteiger partial charge < -0.3 is 10.5 Å². The van der Waals surface area contributed by atoms with Gasteiger partial charge in [0.15, 0.2) is 0 Å². The molecule has 4 heteroatoms. The van der Waals surface area contributed by atoms with Crippen molar-refractivity contribution in [1.29, 1.82) is 0 Å². The van der Waals surface area contributed by atoms with Crippen LogP contribution < -0.4 is 10.5 Å². The molecule has 0 bridgehead atoms. The van der Waals surface area contributed by atoms with Crippen molar-refractivity contribution in [2.24, 2.45) is 5.73 Å². The number of hydrogen-bond donors (Lipinski definition) is 1. The minimum absolute atomic E-state index is 0.600. The van der Waals surface area contributed by atoms with Crippen LogP contribution in [0.3, 0.4) is 0 Å². The number of hydrogen-bond acceptors (Lipinski definition) is 2. The Morgan fingerprint density at radius 2 is 1.95 bits per heavy atom. The Hall–Kier alpha value is -1.03. The van der Waals surface area contributed by atoms with Gasteiger partial charge >= 0.3 is 0 Å². The maximum Gasteiger partial charge on any atom is 0.146 e. The molecule has 0 fully saturated rings. The van der Waals surface area contributed by atoms with E-state index in [2.05, 4.69) is 15.9 Å². The smallest absolute Gasteiger partial charge is 0.146 e. The third-order valence-electron chi connectivity index (χ3n) is 2.74. The van der Waals surface area contributed by atoms with Crippen LogP contribution in [0, 0.1) is 6.92 Å². The first-order valence-corrected chi connectivity index (χ1v) is 7.20. The fourth-order valence-corrected chi connectivity index (χ4v) is 2.42. The third-order valence-corrected chi connectivity index (χ3v) is 3.67. The van der Waals surface area contributed by atoms with Gasteiger partial charge in [0.1, 0.15) is 11.5 Å². The first kappa shape index (κ1) is 14.4. The second-order valence-corrected chi connectivity index (χ2v) is 5.60. The highest BCUT2D eigenvalue weighted by atomic mass is 79.9. The molecule has 0 aliphatic rings. The lowest BCUT2D eigenvalue weighted by molar-refractivity contribution is 0.479. The van der Waals surface area contributed by atoms with E-state index < -0.39 is 0 Å². The average Bonchev–Trinajstić information content (AvgIpc) is 2.37. The summed E-state index contributed by atoms with van der Waals surface area (Å²) in [6.07, 6.45) is 0.851. The Labute approximate surface area is 126 Å². The van der Waals surface area contributed by atoms with Crippen LogP contribution in [0.2, 0.25) is 5.02 Å². The van der Waals surface area contributed by atoms with Crippen LogP contribution in [-0.2, 0) is 6.42 Å². The van der Waals surface area contributed by atoms with E-state index in [9.17, 15) is 0 Å². The predicted octanol–water partition coefficient (Wildman–Crippen LogP) is 4.70. The minimum Gasteiger partial charge on any atom is -0.455 e. The van der Waals surface area contributed by atoms with Gasteiger partial charge in [-0.05, 0) is 71.2 Å². The van der Waals surface area contributed by atoms with Gasteiger partial charge in [-0.3, -0.25) is 0 Å². The van der Waals surface area contributed by atoms with Crippen LogP contribution in [0.5, 0.6) is 11.5 Å². The summed E-state index contributed by atoms with van der Waals surface area (Å²) in [5.74, 6) is 1.40. The molecule has 0 aliphatic heterocycles. The first-order valence-electron chi connectivity index (χ1n) is 6.02. The summed E-state index contributed by atoms with van der Waals surface area (Å²) < 4.78 is 6.74. The molecule has 0 aromatic heterocycles. The summed E-state index contributed by atoms with van der Waals surface area (Å²) in [6, 6.07) is 11.7. The van der Waals surface area contributed by atoms with Crippen LogP contribution in [0.4, 0.5) is 0 Å². The SMILES string of the molecule is Cc1ccc(Cl)c(Oc2ccc(CCN)cc2Br)c1. The van der Waals surface area contributed by atoms with E-state index in [0.29, 0.717) is 17.3 Å². The number of nitrogens with two attached hydrogens (primary N) is 1. The third kappa shape index (κ3) is 3.72. The molecule has 2 rings (SSSR count). The van der Waals surface area contributed by atoms with Crippen molar-refractivity contribution in [3.05, 3.63) is 57.0 Å². The van der Waals surface area contributed by atoms with Crippen molar-refractivity contribution in [2.45, 2.75) is 13.3 Å². The van der Waals surface area contributed by atoms with Gasteiger partial charge in [0, 0.05) is 0 Å². The van der Waals surface area contributed by atoms with Gasteiger partial charge in [-0.1, -0.05) is 23.7 Å². The Morgan fingerprint density at radius 3 is 2.63 bits per heavy atom. The van der Waals surface area contributed by atoms with Crippen molar-refractivity contribution < 1.29 is 4.74 Å². The lowest BCUT2D eigenvalue weighted by Gasteiger charge is -2.11. The molecule has 0 heterocycles. The molecule has 0 spiro atoms. The van der Waals surface area contributed by atoms with E-state index in [4.69, 9.17) is 22.1 Å². The highest BCUT2D eigenvalue weighted by Crippen LogP contribution is 2.34. The number of halogens is 2. The molecular weight excluding hydrogens is 326 g/mol. The van der Waals surface area contributed by atoms with Gasteiger partial charge in [0.25, 0.3) is 0 Å². The summed E-state index contributed by atoms with van der Waals surface area (Å²) in [5.41, 5.74) is 7.83. The van der Waals surface area contributed by atoms with E-state index in [1.807, 2.05) is 43.3 Å². The fourth-order valence-electron chi connectivity index (χ4n) is 1.76. The van der Waals surface area contributed by atoms with E-state index in [1.165, 1.54) is 5.56 Å². The Morgan fingerprint density at radius 1 is 1.16 bits per heavy atom. The summed E-state index contributed by atoms with van der Waals surface area (Å²) >= 11 is 9.63. The van der Waals surface area contributed by atoms with Gasteiger partial charge in [-0.25, -0.2) is 0 Å². The second kappa shape index (κ2) is 6.42. The van der Waals surface area contributed by atoms with E-state index in [0.717, 1.165) is 22.2 Å². The number of ether oxygens (including phenoxy) is 1. The molecule has 0 radical (unpaired) electrons. The molecule has 2 N–H and O–H groups in total.